The number of rotatable bonds is 7. The molecule has 0 aliphatic carbocycles. The topological polar surface area (TPSA) is 38.3 Å². The predicted molar refractivity (Wildman–Crippen MR) is 98.7 cm³/mol. The molecule has 1 amide bonds. The van der Waals surface area contributed by atoms with Crippen LogP contribution in [0, 0.1) is 0 Å². The summed E-state index contributed by atoms with van der Waals surface area (Å²) in [4.78, 5) is 12.0. The fourth-order valence-electron chi connectivity index (χ4n) is 2.15. The molecule has 2 rings (SSSR count). The summed E-state index contributed by atoms with van der Waals surface area (Å²) in [5.74, 6) is -0.144. The smallest absolute Gasteiger partial charge is 0.244 e. The van der Waals surface area contributed by atoms with Crippen LogP contribution in [0.1, 0.15) is 30.5 Å². The molecule has 3 nitrogen and oxygen atoms in total. The van der Waals surface area contributed by atoms with Crippen molar-refractivity contribution < 1.29 is 9.53 Å². The second-order valence-corrected chi connectivity index (χ2v) is 6.17. The molecule has 0 fully saturated rings. The Morgan fingerprint density at radius 1 is 1.17 bits per heavy atom. The van der Waals surface area contributed by atoms with Gasteiger partial charge in [0.2, 0.25) is 5.91 Å². The maximum absolute atomic E-state index is 12.0. The molecule has 0 heterocycles. The predicted octanol–water partition coefficient (Wildman–Crippen LogP) is 4.59. The van der Waals surface area contributed by atoms with Gasteiger partial charge in [-0.15, -0.1) is 0 Å². The van der Waals surface area contributed by atoms with Crippen LogP contribution in [0.15, 0.2) is 54.6 Å². The number of hydrogen-bond donors (Lipinski definition) is 1. The standard InChI is InChI=1S/C20H22ClNO2/c1-15(2)24-14-18-8-4-3-7-17(18)13-22-20(23)11-10-16-6-5-9-19(21)12-16/h3-12,15H,13-14H2,1-2H3,(H,22,23)/b11-10+. The first-order valence-corrected chi connectivity index (χ1v) is 8.32. The van der Waals surface area contributed by atoms with Gasteiger partial charge in [-0.25, -0.2) is 0 Å². The molecule has 0 saturated heterocycles. The second-order valence-electron chi connectivity index (χ2n) is 5.73. The van der Waals surface area contributed by atoms with Gasteiger partial charge in [-0.1, -0.05) is 48.0 Å². The van der Waals surface area contributed by atoms with Crippen molar-refractivity contribution in [1.82, 2.24) is 5.32 Å². The van der Waals surface area contributed by atoms with E-state index in [1.807, 2.05) is 56.3 Å². The van der Waals surface area contributed by atoms with E-state index in [2.05, 4.69) is 5.32 Å². The van der Waals surface area contributed by atoms with Crippen molar-refractivity contribution in [2.45, 2.75) is 33.1 Å². The number of benzene rings is 2. The average Bonchev–Trinajstić information content (AvgIpc) is 2.57. The van der Waals surface area contributed by atoms with Gasteiger partial charge in [0.25, 0.3) is 0 Å². The first-order chi connectivity index (χ1) is 11.5. The fourth-order valence-corrected chi connectivity index (χ4v) is 2.35. The minimum Gasteiger partial charge on any atom is -0.374 e. The van der Waals surface area contributed by atoms with Crippen molar-refractivity contribution in [2.75, 3.05) is 0 Å². The zero-order chi connectivity index (χ0) is 17.4. The highest BCUT2D eigenvalue weighted by Crippen LogP contribution is 2.12. The summed E-state index contributed by atoms with van der Waals surface area (Å²) in [6.07, 6.45) is 3.43. The van der Waals surface area contributed by atoms with Crippen LogP contribution in [0.3, 0.4) is 0 Å². The first kappa shape index (κ1) is 18.2. The Hall–Kier alpha value is -2.10. The van der Waals surface area contributed by atoms with Gasteiger partial charge in [-0.2, -0.15) is 0 Å². The monoisotopic (exact) mass is 343 g/mol. The molecule has 1 N–H and O–H groups in total. The zero-order valence-corrected chi connectivity index (χ0v) is 14.7. The molecular weight excluding hydrogens is 322 g/mol. The van der Waals surface area contributed by atoms with E-state index in [1.165, 1.54) is 6.08 Å². The first-order valence-electron chi connectivity index (χ1n) is 7.94. The number of nitrogens with one attached hydrogen (secondary N) is 1. The Morgan fingerprint density at radius 3 is 2.62 bits per heavy atom. The molecule has 0 spiro atoms. The summed E-state index contributed by atoms with van der Waals surface area (Å²) < 4.78 is 5.65. The Balaban J connectivity index is 1.92. The van der Waals surface area contributed by atoms with E-state index in [0.29, 0.717) is 18.2 Å². The second kappa shape index (κ2) is 9.26. The molecule has 0 aliphatic heterocycles. The molecule has 0 bridgehead atoms. The molecule has 24 heavy (non-hydrogen) atoms. The number of halogens is 1. The van der Waals surface area contributed by atoms with Crippen molar-refractivity contribution in [3.63, 3.8) is 0 Å². The van der Waals surface area contributed by atoms with E-state index in [9.17, 15) is 4.79 Å². The number of carbonyl (C=O) groups excluding carboxylic acids is 1. The number of amides is 1. The largest absolute Gasteiger partial charge is 0.374 e. The Bertz CT molecular complexity index is 710. The van der Waals surface area contributed by atoms with Gasteiger partial charge in [-0.05, 0) is 48.7 Å². The van der Waals surface area contributed by atoms with Gasteiger partial charge in [-0.3, -0.25) is 4.79 Å². The van der Waals surface area contributed by atoms with Crippen LogP contribution < -0.4 is 5.32 Å². The molecule has 126 valence electrons. The van der Waals surface area contributed by atoms with Crippen LogP contribution in [0.25, 0.3) is 6.08 Å². The van der Waals surface area contributed by atoms with Crippen LogP contribution in [-0.4, -0.2) is 12.0 Å². The van der Waals surface area contributed by atoms with E-state index in [1.54, 1.807) is 12.1 Å². The summed E-state index contributed by atoms with van der Waals surface area (Å²) in [7, 11) is 0. The highest BCUT2D eigenvalue weighted by Gasteiger charge is 2.04. The van der Waals surface area contributed by atoms with Gasteiger partial charge in [0.1, 0.15) is 0 Å². The Kier molecular flexibility index (Phi) is 7.04. The molecule has 0 atom stereocenters. The lowest BCUT2D eigenvalue weighted by molar-refractivity contribution is -0.116. The molecule has 2 aromatic carbocycles. The van der Waals surface area contributed by atoms with Gasteiger partial charge in [0, 0.05) is 17.6 Å². The molecule has 0 radical (unpaired) electrons. The van der Waals surface area contributed by atoms with E-state index < -0.39 is 0 Å². The van der Waals surface area contributed by atoms with Crippen molar-refractivity contribution in [2.24, 2.45) is 0 Å². The average molecular weight is 344 g/mol. The zero-order valence-electron chi connectivity index (χ0n) is 14.0. The van der Waals surface area contributed by atoms with Crippen LogP contribution in [-0.2, 0) is 22.7 Å². The maximum atomic E-state index is 12.0. The summed E-state index contributed by atoms with van der Waals surface area (Å²) in [5, 5.41) is 3.55. The van der Waals surface area contributed by atoms with E-state index in [0.717, 1.165) is 16.7 Å². The fraction of sp³-hybridized carbons (Fsp3) is 0.250. The molecule has 2 aromatic rings. The quantitative estimate of drug-likeness (QED) is 0.746. The van der Waals surface area contributed by atoms with Crippen molar-refractivity contribution >= 4 is 23.6 Å². The molecule has 0 aliphatic rings. The Labute approximate surface area is 148 Å². The lowest BCUT2D eigenvalue weighted by Gasteiger charge is -2.12. The highest BCUT2D eigenvalue weighted by atomic mass is 35.5. The van der Waals surface area contributed by atoms with E-state index >= 15 is 0 Å². The van der Waals surface area contributed by atoms with E-state index in [4.69, 9.17) is 16.3 Å². The lowest BCUT2D eigenvalue weighted by atomic mass is 10.1. The third-order valence-corrected chi connectivity index (χ3v) is 3.65. The van der Waals surface area contributed by atoms with Crippen molar-refractivity contribution in [3.8, 4) is 0 Å². The molecule has 0 saturated carbocycles. The number of carbonyl (C=O) groups is 1. The van der Waals surface area contributed by atoms with Gasteiger partial charge < -0.3 is 10.1 Å². The van der Waals surface area contributed by atoms with Crippen LogP contribution in [0.2, 0.25) is 5.02 Å². The van der Waals surface area contributed by atoms with E-state index in [-0.39, 0.29) is 12.0 Å². The van der Waals surface area contributed by atoms with Crippen LogP contribution in [0.5, 0.6) is 0 Å². The minimum atomic E-state index is -0.144. The third-order valence-electron chi connectivity index (χ3n) is 3.42. The summed E-state index contributed by atoms with van der Waals surface area (Å²) in [5.41, 5.74) is 3.04. The van der Waals surface area contributed by atoms with Crippen molar-refractivity contribution in [3.05, 3.63) is 76.3 Å². The molecular formula is C20H22ClNO2. The minimum absolute atomic E-state index is 0.144. The molecule has 0 aromatic heterocycles. The lowest BCUT2D eigenvalue weighted by Crippen LogP contribution is -2.21. The number of ether oxygens (including phenoxy) is 1. The summed E-state index contributed by atoms with van der Waals surface area (Å²) in [6, 6.07) is 15.3. The molecule has 0 unspecified atom stereocenters. The third kappa shape index (κ3) is 6.19. The normalized spacial score (nSPS) is 11.2. The highest BCUT2D eigenvalue weighted by molar-refractivity contribution is 6.30. The van der Waals surface area contributed by atoms with Gasteiger partial charge >= 0.3 is 0 Å². The SMILES string of the molecule is CC(C)OCc1ccccc1CNC(=O)/C=C/c1cccc(Cl)c1. The summed E-state index contributed by atoms with van der Waals surface area (Å²) in [6.45, 7) is 5.02. The maximum Gasteiger partial charge on any atom is 0.244 e. The summed E-state index contributed by atoms with van der Waals surface area (Å²) >= 11 is 5.92. The Morgan fingerprint density at radius 2 is 1.92 bits per heavy atom. The molecule has 4 heteroatoms. The number of hydrogen-bond acceptors (Lipinski definition) is 2. The van der Waals surface area contributed by atoms with Crippen molar-refractivity contribution in [1.29, 1.82) is 0 Å². The van der Waals surface area contributed by atoms with Gasteiger partial charge in [0.15, 0.2) is 0 Å². The van der Waals surface area contributed by atoms with Crippen LogP contribution in [0.4, 0.5) is 0 Å². The van der Waals surface area contributed by atoms with Crippen LogP contribution >= 0.6 is 11.6 Å². The van der Waals surface area contributed by atoms with Gasteiger partial charge in [0.05, 0.1) is 12.7 Å².